The molecule has 0 saturated carbocycles. The number of carbonyl (C=O) groups excluding carboxylic acids is 2. The maximum Gasteiger partial charge on any atom is 0.339 e. The van der Waals surface area contributed by atoms with Crippen LogP contribution in [-0.2, 0) is 22.4 Å². The summed E-state index contributed by atoms with van der Waals surface area (Å²) in [6.07, 6.45) is 2.73. The van der Waals surface area contributed by atoms with Crippen LogP contribution in [-0.4, -0.2) is 29.8 Å². The summed E-state index contributed by atoms with van der Waals surface area (Å²) < 4.78 is 16.2. The Morgan fingerprint density at radius 2 is 1.87 bits per heavy atom. The molecule has 2 heterocycles. The van der Waals surface area contributed by atoms with E-state index in [0.29, 0.717) is 22.7 Å². The number of pyridine rings is 1. The molecule has 3 aromatic rings. The van der Waals surface area contributed by atoms with Gasteiger partial charge in [-0.05, 0) is 56.4 Å². The van der Waals surface area contributed by atoms with Crippen LogP contribution in [0.2, 0.25) is 0 Å². The zero-order valence-electron chi connectivity index (χ0n) is 17.1. The molecule has 1 N–H and O–H groups in total. The number of fused-ring (bicyclic) bond motifs is 3. The number of esters is 1. The fourth-order valence-corrected chi connectivity index (χ4v) is 4.10. The Kier molecular flexibility index (Phi) is 4.94. The molecule has 2 aliphatic rings. The fourth-order valence-electron chi connectivity index (χ4n) is 4.10. The first-order chi connectivity index (χ1) is 15.1. The standard InChI is InChI=1S/C24H22N2O5/c1-14(23(27)25-15-10-11-20-21(12-15)30-13-29-20)31-24(28)22-16-6-2-4-8-18(16)26-19-9-5-3-7-17(19)22/h2,4,6,8,10-12,14H,3,5,7,9,13H2,1H3,(H,25,27). The first-order valence-electron chi connectivity index (χ1n) is 10.4. The van der Waals surface area contributed by atoms with Crippen molar-refractivity contribution in [3.05, 3.63) is 59.3 Å². The van der Waals surface area contributed by atoms with Gasteiger partial charge in [0.05, 0.1) is 11.1 Å². The molecule has 31 heavy (non-hydrogen) atoms. The molecule has 0 spiro atoms. The fraction of sp³-hybridized carbons (Fsp3) is 0.292. The molecule has 0 fully saturated rings. The number of rotatable bonds is 4. The van der Waals surface area contributed by atoms with Crippen molar-refractivity contribution in [2.45, 2.75) is 38.7 Å². The van der Waals surface area contributed by atoms with Crippen LogP contribution in [0, 0.1) is 0 Å². The highest BCUT2D eigenvalue weighted by Gasteiger charge is 2.26. The molecule has 1 aromatic heterocycles. The van der Waals surface area contributed by atoms with Crippen LogP contribution in [0.4, 0.5) is 5.69 Å². The third-order valence-electron chi connectivity index (χ3n) is 5.67. The summed E-state index contributed by atoms with van der Waals surface area (Å²) in [6.45, 7) is 1.72. The quantitative estimate of drug-likeness (QED) is 0.644. The number of nitrogens with one attached hydrogen (secondary N) is 1. The lowest BCUT2D eigenvalue weighted by Gasteiger charge is -2.21. The minimum absolute atomic E-state index is 0.158. The molecule has 1 unspecified atom stereocenters. The smallest absolute Gasteiger partial charge is 0.339 e. The summed E-state index contributed by atoms with van der Waals surface area (Å²) in [5.74, 6) is 0.286. The molecule has 2 aromatic carbocycles. The van der Waals surface area contributed by atoms with Crippen molar-refractivity contribution in [2.24, 2.45) is 0 Å². The SMILES string of the molecule is CC(OC(=O)c1c2c(nc3ccccc13)CCCC2)C(=O)Nc1ccc2c(c1)OCO2. The molecule has 158 valence electrons. The van der Waals surface area contributed by atoms with Crippen molar-refractivity contribution in [3.8, 4) is 11.5 Å². The molecule has 0 saturated heterocycles. The lowest BCUT2D eigenvalue weighted by molar-refractivity contribution is -0.123. The number of anilines is 1. The van der Waals surface area contributed by atoms with E-state index in [1.165, 1.54) is 0 Å². The van der Waals surface area contributed by atoms with Crippen LogP contribution in [0.15, 0.2) is 42.5 Å². The molecular formula is C24H22N2O5. The number of aryl methyl sites for hydroxylation is 1. The van der Waals surface area contributed by atoms with Crippen molar-refractivity contribution in [3.63, 3.8) is 0 Å². The molecule has 0 bridgehead atoms. The predicted octanol–water partition coefficient (Wildman–Crippen LogP) is 4.03. The van der Waals surface area contributed by atoms with Gasteiger partial charge in [-0.25, -0.2) is 4.79 Å². The van der Waals surface area contributed by atoms with Gasteiger partial charge in [-0.2, -0.15) is 0 Å². The topological polar surface area (TPSA) is 86.8 Å². The molecule has 1 amide bonds. The van der Waals surface area contributed by atoms with Gasteiger partial charge in [0.2, 0.25) is 6.79 Å². The number of para-hydroxylation sites is 1. The van der Waals surface area contributed by atoms with Gasteiger partial charge in [0, 0.05) is 22.8 Å². The summed E-state index contributed by atoms with van der Waals surface area (Å²) in [4.78, 5) is 30.6. The number of carbonyl (C=O) groups is 2. The molecule has 1 aliphatic heterocycles. The summed E-state index contributed by atoms with van der Waals surface area (Å²) in [6, 6.07) is 12.7. The van der Waals surface area contributed by atoms with Gasteiger partial charge in [-0.3, -0.25) is 9.78 Å². The Hall–Kier alpha value is -3.61. The average molecular weight is 418 g/mol. The van der Waals surface area contributed by atoms with Crippen LogP contribution in [0.1, 0.15) is 41.4 Å². The molecular weight excluding hydrogens is 396 g/mol. The number of aromatic nitrogens is 1. The zero-order valence-corrected chi connectivity index (χ0v) is 17.1. The van der Waals surface area contributed by atoms with E-state index in [4.69, 9.17) is 19.2 Å². The van der Waals surface area contributed by atoms with Gasteiger partial charge < -0.3 is 19.5 Å². The minimum Gasteiger partial charge on any atom is -0.454 e. The Balaban J connectivity index is 1.37. The van der Waals surface area contributed by atoms with E-state index in [1.54, 1.807) is 25.1 Å². The lowest BCUT2D eigenvalue weighted by atomic mass is 9.90. The first-order valence-corrected chi connectivity index (χ1v) is 10.4. The highest BCUT2D eigenvalue weighted by Crippen LogP contribution is 2.34. The first kappa shape index (κ1) is 19.4. The second-order valence-electron chi connectivity index (χ2n) is 7.74. The van der Waals surface area contributed by atoms with E-state index in [-0.39, 0.29) is 6.79 Å². The van der Waals surface area contributed by atoms with E-state index in [1.807, 2.05) is 24.3 Å². The number of hydrogen-bond donors (Lipinski definition) is 1. The van der Waals surface area contributed by atoms with Gasteiger partial charge in [0.25, 0.3) is 5.91 Å². The van der Waals surface area contributed by atoms with Crippen molar-refractivity contribution < 1.29 is 23.8 Å². The Labute approximate surface area is 179 Å². The van der Waals surface area contributed by atoms with Gasteiger partial charge in [0.15, 0.2) is 17.6 Å². The van der Waals surface area contributed by atoms with Crippen LogP contribution in [0.3, 0.4) is 0 Å². The molecule has 0 radical (unpaired) electrons. The number of ether oxygens (including phenoxy) is 3. The van der Waals surface area contributed by atoms with Crippen molar-refractivity contribution >= 4 is 28.5 Å². The molecule has 5 rings (SSSR count). The van der Waals surface area contributed by atoms with Crippen molar-refractivity contribution in [2.75, 3.05) is 12.1 Å². The second kappa shape index (κ2) is 7.91. The predicted molar refractivity (Wildman–Crippen MR) is 114 cm³/mol. The second-order valence-corrected chi connectivity index (χ2v) is 7.74. The van der Waals surface area contributed by atoms with E-state index >= 15 is 0 Å². The maximum absolute atomic E-state index is 13.2. The molecule has 7 nitrogen and oxygen atoms in total. The normalized spacial score (nSPS) is 15.3. The van der Waals surface area contributed by atoms with Gasteiger partial charge >= 0.3 is 5.97 Å². The summed E-state index contributed by atoms with van der Waals surface area (Å²) in [5, 5.41) is 3.52. The Morgan fingerprint density at radius 3 is 2.77 bits per heavy atom. The van der Waals surface area contributed by atoms with Crippen LogP contribution in [0.5, 0.6) is 11.5 Å². The number of amides is 1. The van der Waals surface area contributed by atoms with Gasteiger partial charge in [0.1, 0.15) is 0 Å². The van der Waals surface area contributed by atoms with Crippen molar-refractivity contribution in [1.82, 2.24) is 4.98 Å². The van der Waals surface area contributed by atoms with Crippen molar-refractivity contribution in [1.29, 1.82) is 0 Å². The van der Waals surface area contributed by atoms with E-state index < -0.39 is 18.0 Å². The average Bonchev–Trinajstić information content (AvgIpc) is 3.25. The molecule has 1 aliphatic carbocycles. The highest BCUT2D eigenvalue weighted by atomic mass is 16.7. The third kappa shape index (κ3) is 3.67. The largest absolute Gasteiger partial charge is 0.454 e. The number of benzene rings is 2. The summed E-state index contributed by atoms with van der Waals surface area (Å²) >= 11 is 0. The zero-order chi connectivity index (χ0) is 21.4. The van der Waals surface area contributed by atoms with Gasteiger partial charge in [-0.15, -0.1) is 0 Å². The van der Waals surface area contributed by atoms with Crippen LogP contribution < -0.4 is 14.8 Å². The maximum atomic E-state index is 13.2. The van der Waals surface area contributed by atoms with Crippen LogP contribution >= 0.6 is 0 Å². The minimum atomic E-state index is -0.968. The van der Waals surface area contributed by atoms with Crippen LogP contribution in [0.25, 0.3) is 10.9 Å². The number of hydrogen-bond acceptors (Lipinski definition) is 6. The van der Waals surface area contributed by atoms with E-state index in [2.05, 4.69) is 5.32 Å². The summed E-state index contributed by atoms with van der Waals surface area (Å²) in [5.41, 5.74) is 3.74. The molecule has 1 atom stereocenters. The highest BCUT2D eigenvalue weighted by molar-refractivity contribution is 6.06. The monoisotopic (exact) mass is 418 g/mol. The van der Waals surface area contributed by atoms with E-state index in [0.717, 1.165) is 47.8 Å². The van der Waals surface area contributed by atoms with Gasteiger partial charge in [-0.1, -0.05) is 18.2 Å². The third-order valence-corrected chi connectivity index (χ3v) is 5.67. The molecule has 7 heteroatoms. The van der Waals surface area contributed by atoms with E-state index in [9.17, 15) is 9.59 Å². The Morgan fingerprint density at radius 1 is 1.06 bits per heavy atom. The lowest BCUT2D eigenvalue weighted by Crippen LogP contribution is -2.30. The Bertz CT molecular complexity index is 1190. The number of nitrogens with zero attached hydrogens (tertiary/aromatic N) is 1. The summed E-state index contributed by atoms with van der Waals surface area (Å²) in [7, 11) is 0.